The van der Waals surface area contributed by atoms with Crippen molar-refractivity contribution < 1.29 is 9.53 Å². The number of rotatable bonds is 4. The summed E-state index contributed by atoms with van der Waals surface area (Å²) in [5.41, 5.74) is 0.711. The van der Waals surface area contributed by atoms with Gasteiger partial charge in [-0.25, -0.2) is 9.78 Å². The highest BCUT2D eigenvalue weighted by atomic mass is 16.5. The third-order valence-electron chi connectivity index (χ3n) is 4.57. The molecule has 6 heteroatoms. The molecular weight excluding hydrogens is 292 g/mol. The van der Waals surface area contributed by atoms with Gasteiger partial charge in [0.15, 0.2) is 0 Å². The zero-order chi connectivity index (χ0) is 16.1. The smallest absolute Gasteiger partial charge is 0.319 e. The van der Waals surface area contributed by atoms with E-state index in [2.05, 4.69) is 20.5 Å². The fourth-order valence-electron chi connectivity index (χ4n) is 3.23. The summed E-state index contributed by atoms with van der Waals surface area (Å²) < 4.78 is 5.59. The molecule has 126 valence electrons. The highest BCUT2D eigenvalue weighted by molar-refractivity contribution is 5.89. The first-order valence-corrected chi connectivity index (χ1v) is 8.62. The minimum Gasteiger partial charge on any atom is -0.376 e. The molecule has 2 amide bonds. The number of aromatic nitrogens is 1. The van der Waals surface area contributed by atoms with E-state index in [1.54, 1.807) is 6.20 Å². The number of hydrogen-bond acceptors (Lipinski definition) is 4. The average Bonchev–Trinajstić information content (AvgIpc) is 3.11. The molecule has 0 saturated carbocycles. The van der Waals surface area contributed by atoms with Crippen LogP contribution in [0.4, 0.5) is 16.3 Å². The van der Waals surface area contributed by atoms with E-state index < -0.39 is 0 Å². The number of amides is 2. The molecular formula is C17H26N4O2. The van der Waals surface area contributed by atoms with Crippen LogP contribution in [-0.4, -0.2) is 42.9 Å². The van der Waals surface area contributed by atoms with Gasteiger partial charge in [0.1, 0.15) is 5.82 Å². The maximum atomic E-state index is 12.1. The normalized spacial score (nSPS) is 22.7. The number of nitrogens with zero attached hydrogens (tertiary/aromatic N) is 2. The van der Waals surface area contributed by atoms with E-state index in [9.17, 15) is 4.79 Å². The fourth-order valence-corrected chi connectivity index (χ4v) is 3.23. The second-order valence-corrected chi connectivity index (χ2v) is 6.39. The largest absolute Gasteiger partial charge is 0.376 e. The molecule has 2 aliphatic heterocycles. The number of pyridine rings is 1. The first-order chi connectivity index (χ1) is 11.2. The first kappa shape index (κ1) is 16.1. The van der Waals surface area contributed by atoms with Crippen molar-refractivity contribution in [2.24, 2.45) is 0 Å². The number of hydrogen-bond donors (Lipinski definition) is 2. The van der Waals surface area contributed by atoms with Gasteiger partial charge in [0, 0.05) is 19.7 Å². The van der Waals surface area contributed by atoms with E-state index in [4.69, 9.17) is 4.74 Å². The Morgan fingerprint density at radius 1 is 1.30 bits per heavy atom. The Labute approximate surface area is 137 Å². The number of carbonyl (C=O) groups excluding carboxylic acids is 1. The van der Waals surface area contributed by atoms with Crippen LogP contribution in [0.15, 0.2) is 18.3 Å². The van der Waals surface area contributed by atoms with Crippen LogP contribution in [0.25, 0.3) is 0 Å². The average molecular weight is 318 g/mol. The van der Waals surface area contributed by atoms with Crippen LogP contribution in [-0.2, 0) is 4.74 Å². The number of piperidine rings is 1. The van der Waals surface area contributed by atoms with Crippen LogP contribution in [0.1, 0.15) is 39.0 Å². The second kappa shape index (κ2) is 7.64. The van der Waals surface area contributed by atoms with Gasteiger partial charge in [-0.05, 0) is 51.2 Å². The van der Waals surface area contributed by atoms with Crippen molar-refractivity contribution in [3.63, 3.8) is 0 Å². The molecule has 0 radical (unpaired) electrons. The quantitative estimate of drug-likeness (QED) is 0.896. The van der Waals surface area contributed by atoms with Gasteiger partial charge in [0.25, 0.3) is 0 Å². The molecule has 0 aromatic carbocycles. The molecule has 23 heavy (non-hydrogen) atoms. The Bertz CT molecular complexity index is 508. The lowest BCUT2D eigenvalue weighted by molar-refractivity contribution is 0.0868. The summed E-state index contributed by atoms with van der Waals surface area (Å²) in [6, 6.07) is 3.69. The summed E-state index contributed by atoms with van der Waals surface area (Å²) in [5, 5.41) is 5.77. The van der Waals surface area contributed by atoms with E-state index in [1.165, 1.54) is 19.3 Å². The monoisotopic (exact) mass is 318 g/mol. The van der Waals surface area contributed by atoms with E-state index in [1.807, 2.05) is 19.1 Å². The van der Waals surface area contributed by atoms with Gasteiger partial charge in [-0.3, -0.25) is 0 Å². The van der Waals surface area contributed by atoms with Crippen molar-refractivity contribution in [3.8, 4) is 0 Å². The summed E-state index contributed by atoms with van der Waals surface area (Å²) in [6.07, 6.45) is 7.68. The lowest BCUT2D eigenvalue weighted by atomic mass is 10.1. The maximum absolute atomic E-state index is 12.1. The number of anilines is 2. The third kappa shape index (κ3) is 4.34. The molecule has 2 aliphatic rings. The highest BCUT2D eigenvalue weighted by Crippen LogP contribution is 2.19. The van der Waals surface area contributed by atoms with Crippen LogP contribution < -0.4 is 15.5 Å². The number of carbonyl (C=O) groups is 1. The van der Waals surface area contributed by atoms with Crippen LogP contribution in [0.3, 0.4) is 0 Å². The van der Waals surface area contributed by atoms with Crippen molar-refractivity contribution in [2.75, 3.05) is 29.9 Å². The molecule has 2 N–H and O–H groups in total. The van der Waals surface area contributed by atoms with Crippen molar-refractivity contribution in [1.82, 2.24) is 10.3 Å². The Morgan fingerprint density at radius 3 is 2.78 bits per heavy atom. The zero-order valence-electron chi connectivity index (χ0n) is 13.8. The standard InChI is InChI=1S/C17H26N4O2/c1-13(15-6-5-11-23-15)19-17(22)20-14-7-8-16(18-12-14)21-9-3-2-4-10-21/h7-8,12-13,15H,2-6,9-11H2,1H3,(H2,19,20,22)/t13-,15-/m1/s1. The number of urea groups is 1. The van der Waals surface area contributed by atoms with Gasteiger partial charge in [0.05, 0.1) is 24.0 Å². The molecule has 1 aromatic rings. The van der Waals surface area contributed by atoms with Crippen LogP contribution >= 0.6 is 0 Å². The minimum absolute atomic E-state index is 0.0121. The molecule has 2 atom stereocenters. The van der Waals surface area contributed by atoms with Gasteiger partial charge in [-0.2, -0.15) is 0 Å². The highest BCUT2D eigenvalue weighted by Gasteiger charge is 2.23. The molecule has 0 bridgehead atoms. The SMILES string of the molecule is C[C@@H](NC(=O)Nc1ccc(N2CCCCC2)nc1)[C@H]1CCCO1. The molecule has 3 heterocycles. The van der Waals surface area contributed by atoms with Gasteiger partial charge in [-0.15, -0.1) is 0 Å². The lowest BCUT2D eigenvalue weighted by Gasteiger charge is -2.27. The summed E-state index contributed by atoms with van der Waals surface area (Å²) in [4.78, 5) is 18.8. The summed E-state index contributed by atoms with van der Waals surface area (Å²) in [5.74, 6) is 0.989. The molecule has 0 spiro atoms. The topological polar surface area (TPSA) is 66.5 Å². The molecule has 1 aromatic heterocycles. The molecule has 0 unspecified atom stereocenters. The minimum atomic E-state index is -0.208. The van der Waals surface area contributed by atoms with Crippen LogP contribution in [0.2, 0.25) is 0 Å². The van der Waals surface area contributed by atoms with Gasteiger partial charge >= 0.3 is 6.03 Å². The third-order valence-corrected chi connectivity index (χ3v) is 4.57. The Balaban J connectivity index is 1.50. The van der Waals surface area contributed by atoms with Crippen LogP contribution in [0.5, 0.6) is 0 Å². The summed E-state index contributed by atoms with van der Waals surface area (Å²) in [7, 11) is 0. The van der Waals surface area contributed by atoms with E-state index in [-0.39, 0.29) is 18.2 Å². The molecule has 2 saturated heterocycles. The molecule has 6 nitrogen and oxygen atoms in total. The van der Waals surface area contributed by atoms with Crippen molar-refractivity contribution >= 4 is 17.5 Å². The maximum Gasteiger partial charge on any atom is 0.319 e. The van der Waals surface area contributed by atoms with Gasteiger partial charge in [-0.1, -0.05) is 0 Å². The van der Waals surface area contributed by atoms with E-state index >= 15 is 0 Å². The number of ether oxygens (including phenoxy) is 1. The zero-order valence-corrected chi connectivity index (χ0v) is 13.8. The van der Waals surface area contributed by atoms with Crippen molar-refractivity contribution in [3.05, 3.63) is 18.3 Å². The number of nitrogens with one attached hydrogen (secondary N) is 2. The second-order valence-electron chi connectivity index (χ2n) is 6.39. The summed E-state index contributed by atoms with van der Waals surface area (Å²) in [6.45, 7) is 4.91. The predicted octanol–water partition coefficient (Wildman–Crippen LogP) is 2.76. The van der Waals surface area contributed by atoms with E-state index in [0.717, 1.165) is 38.4 Å². The summed E-state index contributed by atoms with van der Waals surface area (Å²) >= 11 is 0. The Hall–Kier alpha value is -1.82. The van der Waals surface area contributed by atoms with Gasteiger partial charge < -0.3 is 20.3 Å². The van der Waals surface area contributed by atoms with Gasteiger partial charge in [0.2, 0.25) is 0 Å². The fraction of sp³-hybridized carbons (Fsp3) is 0.647. The van der Waals surface area contributed by atoms with Crippen molar-refractivity contribution in [1.29, 1.82) is 0 Å². The van der Waals surface area contributed by atoms with Crippen molar-refractivity contribution in [2.45, 2.75) is 51.2 Å². The van der Waals surface area contributed by atoms with Crippen LogP contribution in [0, 0.1) is 0 Å². The lowest BCUT2D eigenvalue weighted by Crippen LogP contribution is -2.43. The predicted molar refractivity (Wildman–Crippen MR) is 90.9 cm³/mol. The first-order valence-electron chi connectivity index (χ1n) is 8.62. The molecule has 2 fully saturated rings. The van der Waals surface area contributed by atoms with E-state index in [0.29, 0.717) is 5.69 Å². The Kier molecular flexibility index (Phi) is 5.33. The molecule has 3 rings (SSSR count). The molecule has 0 aliphatic carbocycles. The Morgan fingerprint density at radius 2 is 2.13 bits per heavy atom.